The summed E-state index contributed by atoms with van der Waals surface area (Å²) >= 11 is 0. The van der Waals surface area contributed by atoms with Gasteiger partial charge in [-0.15, -0.1) is 0 Å². The number of anilines is 1. The molecule has 1 saturated carbocycles. The van der Waals surface area contributed by atoms with Crippen LogP contribution in [0.4, 0.5) is 5.69 Å². The lowest BCUT2D eigenvalue weighted by Crippen LogP contribution is -2.69. The predicted molar refractivity (Wildman–Crippen MR) is 96.7 cm³/mol. The summed E-state index contributed by atoms with van der Waals surface area (Å²) in [5.74, 6) is 0.633. The molecule has 27 heavy (non-hydrogen) atoms. The second kappa shape index (κ2) is 4.50. The Labute approximate surface area is 157 Å². The number of ether oxygens (including phenoxy) is 1. The van der Waals surface area contributed by atoms with E-state index in [9.17, 15) is 15.0 Å². The number of phenolic OH excluding ortho intramolecular Hbond substituents is 2. The fourth-order valence-electron chi connectivity index (χ4n) is 7.57. The second-order valence-corrected chi connectivity index (χ2v) is 9.12. The third-order valence-corrected chi connectivity index (χ3v) is 8.41. The van der Waals surface area contributed by atoms with Crippen molar-refractivity contribution in [1.29, 1.82) is 0 Å². The molecule has 6 heteroatoms. The van der Waals surface area contributed by atoms with E-state index in [1.165, 1.54) is 5.57 Å². The Morgan fingerprint density at radius 3 is 2.96 bits per heavy atom. The zero-order chi connectivity index (χ0) is 18.1. The summed E-state index contributed by atoms with van der Waals surface area (Å²) in [5, 5.41) is 20.5. The van der Waals surface area contributed by atoms with Gasteiger partial charge in [-0.3, -0.25) is 9.69 Å². The number of phenols is 2. The third kappa shape index (κ3) is 1.49. The van der Waals surface area contributed by atoms with Gasteiger partial charge in [0.1, 0.15) is 0 Å². The molecule has 1 spiro atoms. The number of hydrogen-bond acceptors (Lipinski definition) is 5. The van der Waals surface area contributed by atoms with Crippen LogP contribution in [0.15, 0.2) is 23.8 Å². The van der Waals surface area contributed by atoms with E-state index in [1.54, 1.807) is 12.1 Å². The fraction of sp³-hybridized carbons (Fsp3) is 0.571. The number of carbonyl (C=O) groups excluding carboxylic acids is 1. The Kier molecular flexibility index (Phi) is 2.49. The van der Waals surface area contributed by atoms with Crippen LogP contribution in [0.5, 0.6) is 11.5 Å². The van der Waals surface area contributed by atoms with E-state index in [-0.39, 0.29) is 35.0 Å². The molecule has 6 aliphatic rings. The van der Waals surface area contributed by atoms with Crippen molar-refractivity contribution in [2.45, 2.75) is 42.9 Å². The van der Waals surface area contributed by atoms with Gasteiger partial charge < -0.3 is 19.8 Å². The Morgan fingerprint density at radius 1 is 1.22 bits per heavy atom. The molecular formula is C21H22N2O4. The lowest BCUT2D eigenvalue weighted by Gasteiger charge is -2.58. The molecule has 6 atom stereocenters. The average Bonchev–Trinajstić information content (AvgIpc) is 3.10. The van der Waals surface area contributed by atoms with Gasteiger partial charge in [-0.1, -0.05) is 11.6 Å². The first-order valence-corrected chi connectivity index (χ1v) is 10.0. The van der Waals surface area contributed by atoms with Crippen molar-refractivity contribution in [2.75, 3.05) is 24.6 Å². The van der Waals surface area contributed by atoms with Crippen LogP contribution in [0.3, 0.4) is 0 Å². The van der Waals surface area contributed by atoms with Crippen LogP contribution < -0.4 is 4.90 Å². The largest absolute Gasteiger partial charge is 0.504 e. The minimum absolute atomic E-state index is 0.0287. The Bertz CT molecular complexity index is 942. The highest BCUT2D eigenvalue weighted by molar-refractivity contribution is 5.99. The number of fused-ring (bicyclic) bond motifs is 2. The summed E-state index contributed by atoms with van der Waals surface area (Å²) in [7, 11) is 0. The quantitative estimate of drug-likeness (QED) is 0.538. The van der Waals surface area contributed by atoms with Crippen LogP contribution in [-0.4, -0.2) is 58.9 Å². The molecule has 0 radical (unpaired) electrons. The highest BCUT2D eigenvalue weighted by Gasteiger charge is 2.71. The van der Waals surface area contributed by atoms with Crippen molar-refractivity contribution in [1.82, 2.24) is 4.90 Å². The summed E-state index contributed by atoms with van der Waals surface area (Å²) in [6.45, 7) is 2.63. The topological polar surface area (TPSA) is 73.2 Å². The molecule has 2 bridgehead atoms. The molecule has 5 heterocycles. The van der Waals surface area contributed by atoms with Crippen LogP contribution in [0.2, 0.25) is 0 Å². The van der Waals surface area contributed by atoms with E-state index in [1.807, 2.05) is 4.90 Å². The maximum Gasteiger partial charge on any atom is 0.229 e. The number of carbonyl (C=O) groups is 1. The molecule has 1 aromatic carbocycles. The third-order valence-electron chi connectivity index (χ3n) is 8.41. The van der Waals surface area contributed by atoms with E-state index in [4.69, 9.17) is 4.74 Å². The highest BCUT2D eigenvalue weighted by atomic mass is 16.5. The van der Waals surface area contributed by atoms with Crippen molar-refractivity contribution in [3.63, 3.8) is 0 Å². The Morgan fingerprint density at radius 2 is 2.07 bits per heavy atom. The lowest BCUT2D eigenvalue weighted by molar-refractivity contribution is -0.132. The average molecular weight is 366 g/mol. The van der Waals surface area contributed by atoms with Crippen molar-refractivity contribution < 1.29 is 19.7 Å². The van der Waals surface area contributed by atoms with Gasteiger partial charge in [-0.25, -0.2) is 0 Å². The normalized spacial score (nSPS) is 43.4. The van der Waals surface area contributed by atoms with Crippen LogP contribution in [0.1, 0.15) is 24.8 Å². The molecule has 6 unspecified atom stereocenters. The summed E-state index contributed by atoms with van der Waals surface area (Å²) in [6, 6.07) is 3.79. The molecule has 7 rings (SSSR count). The van der Waals surface area contributed by atoms with E-state index >= 15 is 0 Å². The van der Waals surface area contributed by atoms with Crippen LogP contribution >= 0.6 is 0 Å². The van der Waals surface area contributed by atoms with E-state index in [0.717, 1.165) is 37.2 Å². The zero-order valence-corrected chi connectivity index (χ0v) is 15.0. The Hall–Kier alpha value is -2.05. The minimum Gasteiger partial charge on any atom is -0.504 e. The number of aromatic hydroxyl groups is 2. The van der Waals surface area contributed by atoms with Gasteiger partial charge in [-0.05, 0) is 36.9 Å². The van der Waals surface area contributed by atoms with Crippen molar-refractivity contribution in [3.05, 3.63) is 29.3 Å². The maximum atomic E-state index is 13.2. The van der Waals surface area contributed by atoms with Gasteiger partial charge >= 0.3 is 0 Å². The molecule has 0 aromatic heterocycles. The van der Waals surface area contributed by atoms with E-state index in [0.29, 0.717) is 30.9 Å². The summed E-state index contributed by atoms with van der Waals surface area (Å²) < 4.78 is 6.20. The summed E-state index contributed by atoms with van der Waals surface area (Å²) in [6.07, 6.45) is 4.74. The Balaban J connectivity index is 1.55. The van der Waals surface area contributed by atoms with Gasteiger partial charge in [0.05, 0.1) is 30.9 Å². The monoisotopic (exact) mass is 366 g/mol. The number of rotatable bonds is 0. The summed E-state index contributed by atoms with van der Waals surface area (Å²) in [5.41, 5.74) is 3.20. The molecule has 6 nitrogen and oxygen atoms in total. The zero-order valence-electron chi connectivity index (χ0n) is 15.0. The first kappa shape index (κ1) is 14.9. The van der Waals surface area contributed by atoms with Crippen LogP contribution in [0.25, 0.3) is 0 Å². The van der Waals surface area contributed by atoms with Gasteiger partial charge in [0.15, 0.2) is 11.5 Å². The van der Waals surface area contributed by atoms with Crippen molar-refractivity contribution in [3.8, 4) is 11.5 Å². The maximum absolute atomic E-state index is 13.2. The minimum atomic E-state index is -0.157. The molecule has 140 valence electrons. The van der Waals surface area contributed by atoms with Gasteiger partial charge in [0, 0.05) is 30.0 Å². The number of piperidine rings is 2. The standard InChI is InChI=1S/C21H22N2O4/c24-14-6-12-13(7-15(14)25)23-18(26)8-16-19-11-5-17-21(12,20(19)23)2-3-22(17)9-10(11)1-4-27-16/h1,6-7,11,16-17,19-20,24-25H,2-5,8-9H2. The van der Waals surface area contributed by atoms with Crippen molar-refractivity contribution >= 4 is 11.6 Å². The van der Waals surface area contributed by atoms with Gasteiger partial charge in [0.2, 0.25) is 5.91 Å². The van der Waals surface area contributed by atoms with E-state index in [2.05, 4.69) is 11.0 Å². The summed E-state index contributed by atoms with van der Waals surface area (Å²) in [4.78, 5) is 17.8. The first-order chi connectivity index (χ1) is 13.1. The van der Waals surface area contributed by atoms with Gasteiger partial charge in [0.25, 0.3) is 0 Å². The van der Waals surface area contributed by atoms with Crippen LogP contribution in [-0.2, 0) is 14.9 Å². The predicted octanol–water partition coefficient (Wildman–Crippen LogP) is 1.50. The second-order valence-electron chi connectivity index (χ2n) is 9.12. The number of amides is 1. The highest BCUT2D eigenvalue weighted by Crippen LogP contribution is 2.66. The molecule has 1 aromatic rings. The smallest absolute Gasteiger partial charge is 0.229 e. The molecule has 5 aliphatic heterocycles. The number of benzene rings is 1. The molecular weight excluding hydrogens is 344 g/mol. The molecule has 2 N–H and O–H groups in total. The SMILES string of the molecule is O=C1CC2OCC=C3CN4CCC56c7cc(O)c(O)cc7N1C5C2C3CC46. The number of hydrogen-bond donors (Lipinski definition) is 2. The molecule has 3 saturated heterocycles. The number of nitrogens with zero attached hydrogens (tertiary/aromatic N) is 2. The molecule has 4 fully saturated rings. The first-order valence-electron chi connectivity index (χ1n) is 10.0. The van der Waals surface area contributed by atoms with Crippen molar-refractivity contribution in [2.24, 2.45) is 11.8 Å². The molecule has 1 amide bonds. The lowest BCUT2D eigenvalue weighted by atomic mass is 9.53. The van der Waals surface area contributed by atoms with Gasteiger partial charge in [-0.2, -0.15) is 0 Å². The molecule has 1 aliphatic carbocycles. The van der Waals surface area contributed by atoms with Crippen LogP contribution in [0, 0.1) is 11.8 Å². The van der Waals surface area contributed by atoms with E-state index < -0.39 is 0 Å². The fourth-order valence-corrected chi connectivity index (χ4v) is 7.57.